The van der Waals surface area contributed by atoms with Crippen LogP contribution in [0.2, 0.25) is 0 Å². The number of pyridine rings is 1. The van der Waals surface area contributed by atoms with Crippen molar-refractivity contribution in [3.05, 3.63) is 42.1 Å². The number of benzene rings is 1. The third kappa shape index (κ3) is 2.98. The SMILES string of the molecule is O=C(NCC1CC1)C1CSCN1C(=O)c1cccc2ncccc12. The Morgan fingerprint density at radius 2 is 2.12 bits per heavy atom. The summed E-state index contributed by atoms with van der Waals surface area (Å²) in [6.45, 7) is 0.736. The van der Waals surface area contributed by atoms with Gasteiger partial charge in [-0.25, -0.2) is 0 Å². The van der Waals surface area contributed by atoms with E-state index in [0.29, 0.717) is 23.1 Å². The fraction of sp³-hybridized carbons (Fsp3) is 0.389. The lowest BCUT2D eigenvalue weighted by molar-refractivity contribution is -0.124. The van der Waals surface area contributed by atoms with E-state index in [1.165, 1.54) is 12.8 Å². The number of thioether (sulfide) groups is 1. The molecule has 1 aliphatic heterocycles. The molecule has 6 heteroatoms. The molecule has 1 saturated carbocycles. The van der Waals surface area contributed by atoms with E-state index >= 15 is 0 Å². The Bertz CT molecular complexity index is 785. The molecule has 2 aliphatic rings. The summed E-state index contributed by atoms with van der Waals surface area (Å²) in [6, 6.07) is 8.90. The van der Waals surface area contributed by atoms with Gasteiger partial charge in [0.05, 0.1) is 11.4 Å². The zero-order chi connectivity index (χ0) is 16.5. The second-order valence-corrected chi connectivity index (χ2v) is 7.35. The van der Waals surface area contributed by atoms with Gasteiger partial charge in [0, 0.05) is 29.4 Å². The molecule has 1 saturated heterocycles. The van der Waals surface area contributed by atoms with Crippen molar-refractivity contribution in [2.24, 2.45) is 5.92 Å². The predicted octanol–water partition coefficient (Wildman–Crippen LogP) is 2.28. The van der Waals surface area contributed by atoms with Crippen molar-refractivity contribution >= 4 is 34.5 Å². The van der Waals surface area contributed by atoms with Crippen LogP contribution in [-0.4, -0.2) is 45.9 Å². The molecule has 2 amide bonds. The quantitative estimate of drug-likeness (QED) is 0.927. The number of hydrogen-bond donors (Lipinski definition) is 1. The van der Waals surface area contributed by atoms with Gasteiger partial charge in [-0.1, -0.05) is 12.1 Å². The van der Waals surface area contributed by atoms with Crippen LogP contribution in [-0.2, 0) is 4.79 Å². The molecule has 0 bridgehead atoms. The molecular weight excluding hydrogens is 322 g/mol. The monoisotopic (exact) mass is 341 g/mol. The van der Waals surface area contributed by atoms with Gasteiger partial charge >= 0.3 is 0 Å². The molecule has 5 nitrogen and oxygen atoms in total. The number of nitrogens with one attached hydrogen (secondary N) is 1. The van der Waals surface area contributed by atoms with Crippen molar-refractivity contribution in [1.29, 1.82) is 0 Å². The lowest BCUT2D eigenvalue weighted by Gasteiger charge is -2.23. The van der Waals surface area contributed by atoms with Gasteiger partial charge in [0.25, 0.3) is 5.91 Å². The molecule has 1 aromatic carbocycles. The molecule has 1 aliphatic carbocycles. The fourth-order valence-corrected chi connectivity index (χ4v) is 4.14. The summed E-state index contributed by atoms with van der Waals surface area (Å²) < 4.78 is 0. The van der Waals surface area contributed by atoms with E-state index in [1.54, 1.807) is 22.9 Å². The summed E-state index contributed by atoms with van der Waals surface area (Å²) in [4.78, 5) is 31.5. The van der Waals surface area contributed by atoms with Gasteiger partial charge in [-0.15, -0.1) is 11.8 Å². The van der Waals surface area contributed by atoms with Crippen LogP contribution in [0.1, 0.15) is 23.2 Å². The number of fused-ring (bicyclic) bond motifs is 1. The van der Waals surface area contributed by atoms with Crippen molar-refractivity contribution in [1.82, 2.24) is 15.2 Å². The number of hydrogen-bond acceptors (Lipinski definition) is 4. The molecule has 4 rings (SSSR count). The fourth-order valence-electron chi connectivity index (χ4n) is 2.99. The topological polar surface area (TPSA) is 62.3 Å². The first-order valence-electron chi connectivity index (χ1n) is 8.24. The van der Waals surface area contributed by atoms with E-state index in [-0.39, 0.29) is 17.9 Å². The van der Waals surface area contributed by atoms with Crippen molar-refractivity contribution < 1.29 is 9.59 Å². The zero-order valence-electron chi connectivity index (χ0n) is 13.3. The summed E-state index contributed by atoms with van der Waals surface area (Å²) >= 11 is 1.63. The second-order valence-electron chi connectivity index (χ2n) is 6.35. The van der Waals surface area contributed by atoms with Crippen molar-refractivity contribution in [2.45, 2.75) is 18.9 Å². The molecule has 1 aromatic heterocycles. The molecule has 124 valence electrons. The Morgan fingerprint density at radius 1 is 1.25 bits per heavy atom. The first kappa shape index (κ1) is 15.4. The highest BCUT2D eigenvalue weighted by molar-refractivity contribution is 7.99. The van der Waals surface area contributed by atoms with Gasteiger partial charge in [0.15, 0.2) is 0 Å². The van der Waals surface area contributed by atoms with Crippen LogP contribution in [0.25, 0.3) is 10.9 Å². The molecule has 1 unspecified atom stereocenters. The second kappa shape index (κ2) is 6.43. The largest absolute Gasteiger partial charge is 0.354 e. The summed E-state index contributed by atoms with van der Waals surface area (Å²) in [7, 11) is 0. The number of aromatic nitrogens is 1. The van der Waals surface area contributed by atoms with Crippen LogP contribution in [0.5, 0.6) is 0 Å². The van der Waals surface area contributed by atoms with Gasteiger partial charge in [-0.3, -0.25) is 14.6 Å². The summed E-state index contributed by atoms with van der Waals surface area (Å²) in [5, 5.41) is 3.83. The third-order valence-corrected chi connectivity index (χ3v) is 5.60. The van der Waals surface area contributed by atoms with Gasteiger partial charge in [-0.05, 0) is 37.0 Å². The first-order chi connectivity index (χ1) is 11.7. The highest BCUT2D eigenvalue weighted by Crippen LogP contribution is 2.29. The van der Waals surface area contributed by atoms with E-state index in [0.717, 1.165) is 17.4 Å². The minimum Gasteiger partial charge on any atom is -0.354 e. The number of amides is 2. The van der Waals surface area contributed by atoms with E-state index in [1.807, 2.05) is 30.3 Å². The van der Waals surface area contributed by atoms with Crippen molar-refractivity contribution in [2.75, 3.05) is 18.2 Å². The highest BCUT2D eigenvalue weighted by atomic mass is 32.2. The standard InChI is InChI=1S/C18H19N3O2S/c22-17(20-9-12-6-7-12)16-10-24-11-21(16)18(23)14-3-1-5-15-13(14)4-2-8-19-15/h1-5,8,12,16H,6-7,9-11H2,(H,20,22). The van der Waals surface area contributed by atoms with E-state index in [9.17, 15) is 9.59 Å². The normalized spacial score (nSPS) is 20.3. The average Bonchev–Trinajstić information content (AvgIpc) is 3.32. The molecule has 1 N–H and O–H groups in total. The minimum absolute atomic E-state index is 0.0291. The van der Waals surface area contributed by atoms with Gasteiger partial charge in [0.2, 0.25) is 5.91 Å². The molecule has 24 heavy (non-hydrogen) atoms. The zero-order valence-corrected chi connectivity index (χ0v) is 14.1. The maximum Gasteiger partial charge on any atom is 0.255 e. The molecule has 2 heterocycles. The number of nitrogens with zero attached hydrogens (tertiary/aromatic N) is 2. The summed E-state index contributed by atoms with van der Waals surface area (Å²) in [6.07, 6.45) is 4.12. The van der Waals surface area contributed by atoms with Crippen LogP contribution >= 0.6 is 11.8 Å². The Kier molecular flexibility index (Phi) is 4.14. The van der Waals surface area contributed by atoms with E-state index in [2.05, 4.69) is 10.3 Å². The van der Waals surface area contributed by atoms with E-state index < -0.39 is 0 Å². The Balaban J connectivity index is 1.56. The minimum atomic E-state index is -0.381. The molecule has 2 aromatic rings. The van der Waals surface area contributed by atoms with Crippen LogP contribution in [0, 0.1) is 5.92 Å². The lowest BCUT2D eigenvalue weighted by atomic mass is 10.1. The average molecular weight is 341 g/mol. The molecular formula is C18H19N3O2S. The summed E-state index contributed by atoms with van der Waals surface area (Å²) in [5.41, 5.74) is 1.41. The molecule has 1 atom stereocenters. The smallest absolute Gasteiger partial charge is 0.255 e. The van der Waals surface area contributed by atoms with Gasteiger partial charge in [-0.2, -0.15) is 0 Å². The van der Waals surface area contributed by atoms with Crippen molar-refractivity contribution in [3.63, 3.8) is 0 Å². The molecule has 0 radical (unpaired) electrons. The first-order valence-corrected chi connectivity index (χ1v) is 9.39. The molecule has 0 spiro atoms. The van der Waals surface area contributed by atoms with Crippen LogP contribution in [0.4, 0.5) is 0 Å². The Morgan fingerprint density at radius 3 is 2.96 bits per heavy atom. The van der Waals surface area contributed by atoms with E-state index in [4.69, 9.17) is 0 Å². The van der Waals surface area contributed by atoms with Crippen LogP contribution in [0.15, 0.2) is 36.5 Å². The Labute approximate surface area is 144 Å². The highest BCUT2D eigenvalue weighted by Gasteiger charge is 2.36. The van der Waals surface area contributed by atoms with Crippen molar-refractivity contribution in [3.8, 4) is 0 Å². The lowest BCUT2D eigenvalue weighted by Crippen LogP contribution is -2.47. The number of rotatable bonds is 4. The predicted molar refractivity (Wildman–Crippen MR) is 94.8 cm³/mol. The number of carbonyl (C=O) groups is 2. The van der Waals surface area contributed by atoms with Crippen LogP contribution < -0.4 is 5.32 Å². The maximum atomic E-state index is 13.0. The third-order valence-electron chi connectivity index (χ3n) is 4.58. The Hall–Kier alpha value is -2.08. The maximum absolute atomic E-state index is 13.0. The summed E-state index contributed by atoms with van der Waals surface area (Å²) in [5.74, 6) is 1.72. The van der Waals surface area contributed by atoms with Gasteiger partial charge in [0.1, 0.15) is 6.04 Å². The number of carbonyl (C=O) groups excluding carboxylic acids is 2. The van der Waals surface area contributed by atoms with Crippen LogP contribution in [0.3, 0.4) is 0 Å². The molecule has 2 fully saturated rings. The van der Waals surface area contributed by atoms with Gasteiger partial charge < -0.3 is 10.2 Å².